The largest absolute Gasteiger partial charge is 0.458 e. The first kappa shape index (κ1) is 14.7. The maximum Gasteiger partial charge on any atom is 0.357 e. The minimum Gasteiger partial charge on any atom is -0.458 e. The SMILES string of the molecule is CC(C)N1CCOC(COC(=O)c2ccc(N)cn2)C1. The van der Waals surface area contributed by atoms with E-state index >= 15 is 0 Å². The number of carbonyl (C=O) groups excluding carboxylic acids is 1. The Morgan fingerprint density at radius 3 is 3.05 bits per heavy atom. The van der Waals surface area contributed by atoms with E-state index in [4.69, 9.17) is 15.2 Å². The molecule has 0 bridgehead atoms. The Labute approximate surface area is 118 Å². The van der Waals surface area contributed by atoms with Crippen LogP contribution in [-0.2, 0) is 9.47 Å². The van der Waals surface area contributed by atoms with Gasteiger partial charge in [0.05, 0.1) is 18.5 Å². The van der Waals surface area contributed by atoms with E-state index in [0.717, 1.165) is 13.1 Å². The van der Waals surface area contributed by atoms with Crippen LogP contribution in [-0.4, -0.2) is 54.3 Å². The summed E-state index contributed by atoms with van der Waals surface area (Å²) in [6.45, 7) is 6.90. The quantitative estimate of drug-likeness (QED) is 0.826. The minimum absolute atomic E-state index is 0.0797. The highest BCUT2D eigenvalue weighted by molar-refractivity contribution is 5.87. The van der Waals surface area contributed by atoms with Crippen LogP contribution in [0.5, 0.6) is 0 Å². The van der Waals surface area contributed by atoms with E-state index in [2.05, 4.69) is 23.7 Å². The van der Waals surface area contributed by atoms with Gasteiger partial charge in [0.15, 0.2) is 0 Å². The second-order valence-corrected chi connectivity index (χ2v) is 5.16. The number of esters is 1. The molecule has 6 heteroatoms. The van der Waals surface area contributed by atoms with E-state index in [-0.39, 0.29) is 18.4 Å². The van der Waals surface area contributed by atoms with Gasteiger partial charge in [-0.15, -0.1) is 0 Å². The van der Waals surface area contributed by atoms with E-state index < -0.39 is 5.97 Å². The van der Waals surface area contributed by atoms with Gasteiger partial charge in [-0.05, 0) is 26.0 Å². The summed E-state index contributed by atoms with van der Waals surface area (Å²) < 4.78 is 10.8. The molecule has 0 amide bonds. The van der Waals surface area contributed by atoms with Crippen molar-refractivity contribution in [1.29, 1.82) is 0 Å². The Morgan fingerprint density at radius 1 is 1.60 bits per heavy atom. The third kappa shape index (κ3) is 3.91. The number of hydrogen-bond acceptors (Lipinski definition) is 6. The molecule has 1 aliphatic rings. The molecule has 0 radical (unpaired) electrons. The molecule has 2 heterocycles. The number of morpholine rings is 1. The number of hydrogen-bond donors (Lipinski definition) is 1. The summed E-state index contributed by atoms with van der Waals surface area (Å²) >= 11 is 0. The van der Waals surface area contributed by atoms with Crippen molar-refractivity contribution < 1.29 is 14.3 Å². The number of nitrogens with two attached hydrogens (primary N) is 1. The standard InChI is InChI=1S/C14H21N3O3/c1-10(2)17-5-6-19-12(8-17)9-20-14(18)13-4-3-11(15)7-16-13/h3-4,7,10,12H,5-6,8-9,15H2,1-2H3. The van der Waals surface area contributed by atoms with E-state index in [9.17, 15) is 4.79 Å². The van der Waals surface area contributed by atoms with Gasteiger partial charge < -0.3 is 15.2 Å². The molecule has 1 aromatic heterocycles. The van der Waals surface area contributed by atoms with Crippen LogP contribution in [0.15, 0.2) is 18.3 Å². The van der Waals surface area contributed by atoms with Gasteiger partial charge in [-0.3, -0.25) is 4.90 Å². The molecule has 6 nitrogen and oxygen atoms in total. The summed E-state index contributed by atoms with van der Waals surface area (Å²) in [6, 6.07) is 3.65. The van der Waals surface area contributed by atoms with Crippen molar-refractivity contribution in [3.05, 3.63) is 24.0 Å². The predicted octanol–water partition coefficient (Wildman–Crippen LogP) is 0.930. The normalized spacial score (nSPS) is 20.1. The maximum atomic E-state index is 11.8. The lowest BCUT2D eigenvalue weighted by molar-refractivity contribution is -0.0663. The van der Waals surface area contributed by atoms with Crippen LogP contribution >= 0.6 is 0 Å². The highest BCUT2D eigenvalue weighted by Crippen LogP contribution is 2.10. The molecule has 2 N–H and O–H groups in total. The fourth-order valence-electron chi connectivity index (χ4n) is 2.08. The molecular weight excluding hydrogens is 258 g/mol. The molecule has 0 spiro atoms. The van der Waals surface area contributed by atoms with Crippen LogP contribution in [0.25, 0.3) is 0 Å². The van der Waals surface area contributed by atoms with E-state index in [1.54, 1.807) is 12.1 Å². The van der Waals surface area contributed by atoms with Crippen molar-refractivity contribution in [2.24, 2.45) is 0 Å². The number of aromatic nitrogens is 1. The molecule has 0 saturated carbocycles. The van der Waals surface area contributed by atoms with Crippen LogP contribution in [0, 0.1) is 0 Å². The summed E-state index contributed by atoms with van der Waals surface area (Å²) in [7, 11) is 0. The van der Waals surface area contributed by atoms with Crippen LogP contribution < -0.4 is 5.73 Å². The molecule has 1 saturated heterocycles. The molecule has 0 aromatic carbocycles. The Balaban J connectivity index is 1.82. The zero-order valence-corrected chi connectivity index (χ0v) is 11.9. The first-order chi connectivity index (χ1) is 9.56. The lowest BCUT2D eigenvalue weighted by Gasteiger charge is -2.35. The molecule has 2 rings (SSSR count). The molecule has 1 unspecified atom stereocenters. The van der Waals surface area contributed by atoms with Crippen molar-refractivity contribution in [2.45, 2.75) is 26.0 Å². The Bertz CT molecular complexity index is 447. The van der Waals surface area contributed by atoms with Crippen molar-refractivity contribution in [1.82, 2.24) is 9.88 Å². The van der Waals surface area contributed by atoms with Crippen LogP contribution in [0.2, 0.25) is 0 Å². The zero-order chi connectivity index (χ0) is 14.5. The Kier molecular flexibility index (Phi) is 4.92. The molecule has 20 heavy (non-hydrogen) atoms. The maximum absolute atomic E-state index is 11.8. The summed E-state index contributed by atoms with van der Waals surface area (Å²) in [5.41, 5.74) is 6.30. The van der Waals surface area contributed by atoms with Crippen LogP contribution in [0.3, 0.4) is 0 Å². The molecule has 1 fully saturated rings. The summed E-state index contributed by atoms with van der Waals surface area (Å²) in [5, 5.41) is 0. The van der Waals surface area contributed by atoms with Crippen molar-refractivity contribution in [3.63, 3.8) is 0 Å². The zero-order valence-electron chi connectivity index (χ0n) is 11.9. The van der Waals surface area contributed by atoms with Crippen molar-refractivity contribution in [2.75, 3.05) is 32.0 Å². The molecule has 1 aliphatic heterocycles. The molecule has 0 aliphatic carbocycles. The summed E-state index contributed by atoms with van der Waals surface area (Å²) in [4.78, 5) is 18.1. The molecule has 110 valence electrons. The lowest BCUT2D eigenvalue weighted by atomic mass is 10.2. The highest BCUT2D eigenvalue weighted by Gasteiger charge is 2.23. The summed E-state index contributed by atoms with van der Waals surface area (Å²) in [5.74, 6) is -0.449. The molecule has 1 atom stereocenters. The van der Waals surface area contributed by atoms with Gasteiger partial charge in [-0.25, -0.2) is 9.78 Å². The third-order valence-corrected chi connectivity index (χ3v) is 3.30. The van der Waals surface area contributed by atoms with E-state index in [1.165, 1.54) is 6.20 Å². The second-order valence-electron chi connectivity index (χ2n) is 5.16. The molecular formula is C14H21N3O3. The highest BCUT2D eigenvalue weighted by atomic mass is 16.6. The Morgan fingerprint density at radius 2 is 2.40 bits per heavy atom. The number of ether oxygens (including phenoxy) is 2. The van der Waals surface area contributed by atoms with E-state index in [0.29, 0.717) is 18.3 Å². The minimum atomic E-state index is -0.449. The van der Waals surface area contributed by atoms with Gasteiger partial charge in [0.25, 0.3) is 0 Å². The average Bonchev–Trinajstić information content (AvgIpc) is 2.46. The number of pyridine rings is 1. The number of rotatable bonds is 4. The smallest absolute Gasteiger partial charge is 0.357 e. The third-order valence-electron chi connectivity index (χ3n) is 3.30. The first-order valence-corrected chi connectivity index (χ1v) is 6.80. The number of nitrogens with zero attached hydrogens (tertiary/aromatic N) is 2. The van der Waals surface area contributed by atoms with Crippen molar-refractivity contribution >= 4 is 11.7 Å². The van der Waals surface area contributed by atoms with Gasteiger partial charge >= 0.3 is 5.97 Å². The van der Waals surface area contributed by atoms with Gasteiger partial charge in [0, 0.05) is 19.1 Å². The number of carbonyl (C=O) groups is 1. The molecule has 1 aromatic rings. The van der Waals surface area contributed by atoms with Crippen LogP contribution in [0.1, 0.15) is 24.3 Å². The average molecular weight is 279 g/mol. The monoisotopic (exact) mass is 279 g/mol. The number of nitrogen functional groups attached to an aromatic ring is 1. The van der Waals surface area contributed by atoms with Gasteiger partial charge in [0.1, 0.15) is 18.4 Å². The fourth-order valence-corrected chi connectivity index (χ4v) is 2.08. The van der Waals surface area contributed by atoms with Crippen molar-refractivity contribution in [3.8, 4) is 0 Å². The van der Waals surface area contributed by atoms with E-state index in [1.807, 2.05) is 0 Å². The topological polar surface area (TPSA) is 77.7 Å². The Hall–Kier alpha value is -1.66. The number of anilines is 1. The fraction of sp³-hybridized carbons (Fsp3) is 0.571. The first-order valence-electron chi connectivity index (χ1n) is 6.80. The van der Waals surface area contributed by atoms with Gasteiger partial charge in [-0.1, -0.05) is 0 Å². The van der Waals surface area contributed by atoms with Gasteiger partial charge in [-0.2, -0.15) is 0 Å². The van der Waals surface area contributed by atoms with Crippen LogP contribution in [0.4, 0.5) is 5.69 Å². The predicted molar refractivity (Wildman–Crippen MR) is 75.4 cm³/mol. The summed E-state index contributed by atoms with van der Waals surface area (Å²) in [6.07, 6.45) is 1.36. The lowest BCUT2D eigenvalue weighted by Crippen LogP contribution is -2.47. The second kappa shape index (κ2) is 6.67. The van der Waals surface area contributed by atoms with Gasteiger partial charge in [0.2, 0.25) is 0 Å².